The Morgan fingerprint density at radius 1 is 1.50 bits per heavy atom. The van der Waals surface area contributed by atoms with Gasteiger partial charge in [0.25, 0.3) is 5.91 Å². The highest BCUT2D eigenvalue weighted by molar-refractivity contribution is 6.00. The molecule has 1 amide bonds. The van der Waals surface area contributed by atoms with Crippen LogP contribution >= 0.6 is 0 Å². The van der Waals surface area contributed by atoms with Gasteiger partial charge in [0.2, 0.25) is 0 Å². The largest absolute Gasteiger partial charge is 0.409 e. The quantitative estimate of drug-likeness (QED) is 0.338. The van der Waals surface area contributed by atoms with Crippen molar-refractivity contribution in [2.45, 2.75) is 38.9 Å². The topological polar surface area (TPSA) is 96.9 Å². The van der Waals surface area contributed by atoms with E-state index in [1.54, 1.807) is 18.2 Å². The predicted octanol–water partition coefficient (Wildman–Crippen LogP) is 1.60. The normalized spacial score (nSPS) is 22.8. The zero-order valence-corrected chi connectivity index (χ0v) is 11.6. The molecular formula is C14H19N3O3. The maximum absolute atomic E-state index is 12.1. The van der Waals surface area contributed by atoms with Crippen molar-refractivity contribution in [1.29, 1.82) is 0 Å². The Balaban J connectivity index is 2.14. The summed E-state index contributed by atoms with van der Waals surface area (Å²) in [7, 11) is 0. The molecule has 1 aliphatic rings. The van der Waals surface area contributed by atoms with Crippen LogP contribution in [0.5, 0.6) is 0 Å². The first-order chi connectivity index (χ1) is 9.51. The molecule has 0 aromatic heterocycles. The number of rotatable bonds is 3. The van der Waals surface area contributed by atoms with Crippen molar-refractivity contribution in [2.24, 2.45) is 10.9 Å². The first-order valence-electron chi connectivity index (χ1n) is 6.56. The second kappa shape index (κ2) is 5.92. The van der Waals surface area contributed by atoms with Gasteiger partial charge in [-0.3, -0.25) is 4.79 Å². The van der Waals surface area contributed by atoms with Crippen molar-refractivity contribution in [3.05, 3.63) is 29.3 Å². The van der Waals surface area contributed by atoms with Crippen LogP contribution in [0.25, 0.3) is 0 Å². The number of oxime groups is 1. The van der Waals surface area contributed by atoms with Gasteiger partial charge in [0.1, 0.15) is 6.10 Å². The van der Waals surface area contributed by atoms with Crippen molar-refractivity contribution >= 4 is 17.4 Å². The number of ether oxygens (including phenoxy) is 1. The van der Waals surface area contributed by atoms with E-state index in [9.17, 15) is 4.79 Å². The Kier molecular flexibility index (Phi) is 4.24. The van der Waals surface area contributed by atoms with Crippen molar-refractivity contribution in [3.63, 3.8) is 0 Å². The Labute approximate surface area is 117 Å². The average molecular weight is 277 g/mol. The van der Waals surface area contributed by atoms with Crippen LogP contribution < -0.4 is 11.1 Å². The van der Waals surface area contributed by atoms with Crippen LogP contribution in [0.1, 0.15) is 30.9 Å². The summed E-state index contributed by atoms with van der Waals surface area (Å²) in [5.41, 5.74) is 7.64. The third-order valence-electron chi connectivity index (χ3n) is 3.42. The second-order valence-electron chi connectivity index (χ2n) is 5.02. The number of benzene rings is 1. The molecule has 1 aromatic rings. The molecule has 20 heavy (non-hydrogen) atoms. The molecule has 1 fully saturated rings. The fourth-order valence-corrected chi connectivity index (χ4v) is 2.18. The van der Waals surface area contributed by atoms with Gasteiger partial charge in [-0.15, -0.1) is 0 Å². The van der Waals surface area contributed by atoms with E-state index in [0.717, 1.165) is 18.4 Å². The molecule has 108 valence electrons. The fourth-order valence-electron chi connectivity index (χ4n) is 2.18. The van der Waals surface area contributed by atoms with Gasteiger partial charge in [-0.2, -0.15) is 0 Å². The van der Waals surface area contributed by atoms with Crippen molar-refractivity contribution < 1.29 is 14.7 Å². The van der Waals surface area contributed by atoms with Crippen LogP contribution in [0.2, 0.25) is 0 Å². The number of anilines is 1. The van der Waals surface area contributed by atoms with Gasteiger partial charge >= 0.3 is 0 Å². The molecule has 1 aromatic carbocycles. The first-order valence-corrected chi connectivity index (χ1v) is 6.56. The van der Waals surface area contributed by atoms with E-state index in [0.29, 0.717) is 11.3 Å². The van der Waals surface area contributed by atoms with E-state index in [1.165, 1.54) is 0 Å². The predicted molar refractivity (Wildman–Crippen MR) is 75.9 cm³/mol. The number of nitrogens with two attached hydrogens (primary N) is 1. The molecule has 4 N–H and O–H groups in total. The maximum Gasteiger partial charge on any atom is 0.253 e. The lowest BCUT2D eigenvalue weighted by Crippen LogP contribution is -2.28. The molecule has 2 unspecified atom stereocenters. The van der Waals surface area contributed by atoms with E-state index in [-0.39, 0.29) is 17.8 Å². The number of carbonyl (C=O) groups is 1. The molecule has 0 aliphatic carbocycles. The summed E-state index contributed by atoms with van der Waals surface area (Å²) >= 11 is 0. The minimum atomic E-state index is -0.406. The fraction of sp³-hybridized carbons (Fsp3) is 0.429. The van der Waals surface area contributed by atoms with Gasteiger partial charge in [0.15, 0.2) is 5.84 Å². The zero-order chi connectivity index (χ0) is 14.7. The summed E-state index contributed by atoms with van der Waals surface area (Å²) in [4.78, 5) is 12.1. The number of amidine groups is 1. The molecule has 0 bridgehead atoms. The Morgan fingerprint density at radius 3 is 2.85 bits per heavy atom. The van der Waals surface area contributed by atoms with Crippen molar-refractivity contribution in [3.8, 4) is 0 Å². The minimum absolute atomic E-state index is 0.00578. The summed E-state index contributed by atoms with van der Waals surface area (Å²) in [5.74, 6) is -0.152. The molecule has 2 atom stereocenters. The standard InChI is InChI=1S/C14H19N3O3/c1-8-3-5-10(13(15)17-19)7-11(8)16-14(18)12-6-4-9(2)20-12/h3,5,7,9,12,19H,4,6H2,1-2H3,(H2,15,17)(H,16,18). The monoisotopic (exact) mass is 277 g/mol. The van der Waals surface area contributed by atoms with Crippen LogP contribution in [-0.2, 0) is 9.53 Å². The number of amides is 1. The van der Waals surface area contributed by atoms with E-state index in [1.807, 2.05) is 13.8 Å². The third-order valence-corrected chi connectivity index (χ3v) is 3.42. The highest BCUT2D eigenvalue weighted by atomic mass is 16.5. The lowest BCUT2D eigenvalue weighted by molar-refractivity contribution is -0.126. The van der Waals surface area contributed by atoms with E-state index in [4.69, 9.17) is 15.7 Å². The molecule has 2 rings (SSSR count). The van der Waals surface area contributed by atoms with Gasteiger partial charge in [0.05, 0.1) is 6.10 Å². The molecule has 6 heteroatoms. The van der Waals surface area contributed by atoms with Gasteiger partial charge < -0.3 is 21.0 Å². The number of nitrogens with zero attached hydrogens (tertiary/aromatic N) is 1. The summed E-state index contributed by atoms with van der Waals surface area (Å²) in [6.45, 7) is 3.83. The number of aryl methyl sites for hydroxylation is 1. The molecule has 1 aliphatic heterocycles. The van der Waals surface area contributed by atoms with Gasteiger partial charge in [-0.25, -0.2) is 0 Å². The average Bonchev–Trinajstić information content (AvgIpc) is 2.87. The summed E-state index contributed by atoms with van der Waals surface area (Å²) in [6.07, 6.45) is 1.33. The number of carbonyl (C=O) groups excluding carboxylic acids is 1. The molecule has 0 saturated carbocycles. The lowest BCUT2D eigenvalue weighted by atomic mass is 10.1. The number of nitrogens with one attached hydrogen (secondary N) is 1. The lowest BCUT2D eigenvalue weighted by Gasteiger charge is -2.14. The summed E-state index contributed by atoms with van der Waals surface area (Å²) in [6, 6.07) is 5.22. The van der Waals surface area contributed by atoms with Crippen LogP contribution in [0.15, 0.2) is 23.4 Å². The van der Waals surface area contributed by atoms with E-state index >= 15 is 0 Å². The molecule has 6 nitrogen and oxygen atoms in total. The van der Waals surface area contributed by atoms with Crippen LogP contribution in [0.3, 0.4) is 0 Å². The van der Waals surface area contributed by atoms with Gasteiger partial charge in [0, 0.05) is 11.3 Å². The van der Waals surface area contributed by atoms with Crippen LogP contribution in [0.4, 0.5) is 5.69 Å². The minimum Gasteiger partial charge on any atom is -0.409 e. The third kappa shape index (κ3) is 3.08. The van der Waals surface area contributed by atoms with Gasteiger partial charge in [-0.05, 0) is 38.3 Å². The second-order valence-corrected chi connectivity index (χ2v) is 5.02. The molecular weight excluding hydrogens is 258 g/mol. The summed E-state index contributed by atoms with van der Waals surface area (Å²) < 4.78 is 5.53. The summed E-state index contributed by atoms with van der Waals surface area (Å²) in [5, 5.41) is 14.5. The van der Waals surface area contributed by atoms with E-state index in [2.05, 4.69) is 10.5 Å². The zero-order valence-electron chi connectivity index (χ0n) is 11.6. The molecule has 0 spiro atoms. The Bertz CT molecular complexity index is 542. The van der Waals surface area contributed by atoms with Crippen LogP contribution in [-0.4, -0.2) is 29.2 Å². The maximum atomic E-state index is 12.1. The van der Waals surface area contributed by atoms with Crippen molar-refractivity contribution in [1.82, 2.24) is 0 Å². The highest BCUT2D eigenvalue weighted by Crippen LogP contribution is 2.22. The molecule has 0 radical (unpaired) electrons. The molecule has 1 saturated heterocycles. The van der Waals surface area contributed by atoms with Gasteiger partial charge in [-0.1, -0.05) is 17.3 Å². The van der Waals surface area contributed by atoms with Crippen molar-refractivity contribution in [2.75, 3.05) is 5.32 Å². The number of hydrogen-bond donors (Lipinski definition) is 3. The first kappa shape index (κ1) is 14.3. The van der Waals surface area contributed by atoms with E-state index < -0.39 is 6.10 Å². The highest BCUT2D eigenvalue weighted by Gasteiger charge is 2.28. The Hall–Kier alpha value is -2.08. The smallest absolute Gasteiger partial charge is 0.253 e. The van der Waals surface area contributed by atoms with Crippen LogP contribution in [0, 0.1) is 6.92 Å². The number of hydrogen-bond acceptors (Lipinski definition) is 4. The Morgan fingerprint density at radius 2 is 2.25 bits per heavy atom. The SMILES string of the molecule is Cc1ccc(/C(N)=N/O)cc1NC(=O)C1CCC(C)O1. The molecule has 1 heterocycles.